The van der Waals surface area contributed by atoms with Crippen LogP contribution in [-0.2, 0) is 0 Å². The summed E-state index contributed by atoms with van der Waals surface area (Å²) in [5.74, 6) is 0.146. The maximum absolute atomic E-state index is 12.8. The summed E-state index contributed by atoms with van der Waals surface area (Å²) < 4.78 is 12.8. The summed E-state index contributed by atoms with van der Waals surface area (Å²) in [7, 11) is 1.98. The van der Waals surface area contributed by atoms with Gasteiger partial charge in [0.1, 0.15) is 5.82 Å². The quantitative estimate of drug-likeness (QED) is 0.850. The van der Waals surface area contributed by atoms with E-state index in [9.17, 15) is 9.50 Å². The van der Waals surface area contributed by atoms with Crippen molar-refractivity contribution in [3.8, 4) is 0 Å². The molecule has 1 aliphatic rings. The van der Waals surface area contributed by atoms with E-state index in [-0.39, 0.29) is 11.9 Å². The third kappa shape index (κ3) is 2.53. The first-order valence-corrected chi connectivity index (χ1v) is 5.81. The molecule has 3 heteroatoms. The predicted molar refractivity (Wildman–Crippen MR) is 63.0 cm³/mol. The van der Waals surface area contributed by atoms with E-state index in [1.807, 2.05) is 7.05 Å². The van der Waals surface area contributed by atoms with E-state index >= 15 is 0 Å². The molecule has 2 atom stereocenters. The van der Waals surface area contributed by atoms with Gasteiger partial charge in [0.15, 0.2) is 0 Å². The fourth-order valence-electron chi connectivity index (χ4n) is 2.38. The lowest BCUT2D eigenvalue weighted by atomic mass is 10.1. The topological polar surface area (TPSA) is 23.5 Å². The number of nitrogens with zero attached hydrogens (tertiary/aromatic N) is 1. The van der Waals surface area contributed by atoms with Crippen LogP contribution in [0.4, 0.5) is 10.1 Å². The van der Waals surface area contributed by atoms with Crippen molar-refractivity contribution in [3.05, 3.63) is 30.1 Å². The van der Waals surface area contributed by atoms with Crippen LogP contribution in [0, 0.1) is 11.7 Å². The largest absolute Gasteiger partial charge is 0.393 e. The van der Waals surface area contributed by atoms with Gasteiger partial charge >= 0.3 is 0 Å². The average molecular weight is 223 g/mol. The Bertz CT molecular complexity index is 338. The number of hydrogen-bond donors (Lipinski definition) is 1. The Kier molecular flexibility index (Phi) is 3.44. The molecular formula is C13H18FNO. The minimum Gasteiger partial charge on any atom is -0.393 e. The van der Waals surface area contributed by atoms with Crippen LogP contribution in [0.1, 0.15) is 19.3 Å². The Labute approximate surface area is 95.7 Å². The normalized spacial score (nSPS) is 24.7. The van der Waals surface area contributed by atoms with E-state index in [0.717, 1.165) is 31.5 Å². The van der Waals surface area contributed by atoms with Crippen LogP contribution in [0.25, 0.3) is 0 Å². The molecule has 0 radical (unpaired) electrons. The van der Waals surface area contributed by atoms with Crippen molar-refractivity contribution >= 4 is 5.69 Å². The Morgan fingerprint density at radius 3 is 2.56 bits per heavy atom. The Hall–Kier alpha value is -1.09. The van der Waals surface area contributed by atoms with Gasteiger partial charge in [0, 0.05) is 25.2 Å². The van der Waals surface area contributed by atoms with Gasteiger partial charge in [-0.3, -0.25) is 0 Å². The van der Waals surface area contributed by atoms with Gasteiger partial charge in [-0.25, -0.2) is 4.39 Å². The highest BCUT2D eigenvalue weighted by atomic mass is 19.1. The van der Waals surface area contributed by atoms with Crippen LogP contribution >= 0.6 is 0 Å². The van der Waals surface area contributed by atoms with Crippen molar-refractivity contribution in [1.29, 1.82) is 0 Å². The summed E-state index contributed by atoms with van der Waals surface area (Å²) in [5.41, 5.74) is 1.00. The van der Waals surface area contributed by atoms with Crippen LogP contribution < -0.4 is 4.90 Å². The Balaban J connectivity index is 1.97. The van der Waals surface area contributed by atoms with E-state index in [1.54, 1.807) is 12.1 Å². The van der Waals surface area contributed by atoms with Crippen LogP contribution in [0.5, 0.6) is 0 Å². The van der Waals surface area contributed by atoms with Gasteiger partial charge in [-0.1, -0.05) is 6.42 Å². The van der Waals surface area contributed by atoms with Crippen LogP contribution in [0.15, 0.2) is 24.3 Å². The fourth-order valence-corrected chi connectivity index (χ4v) is 2.38. The molecule has 0 heterocycles. The molecule has 2 rings (SSSR count). The SMILES string of the molecule is CN(CC1CCCC1O)c1ccc(F)cc1. The summed E-state index contributed by atoms with van der Waals surface area (Å²) in [6.07, 6.45) is 2.96. The zero-order valence-corrected chi connectivity index (χ0v) is 9.56. The Morgan fingerprint density at radius 1 is 1.31 bits per heavy atom. The molecule has 1 aliphatic carbocycles. The second-order valence-electron chi connectivity index (χ2n) is 4.62. The third-order valence-electron chi connectivity index (χ3n) is 3.39. The maximum atomic E-state index is 12.8. The highest BCUT2D eigenvalue weighted by Crippen LogP contribution is 2.27. The molecule has 0 amide bonds. The lowest BCUT2D eigenvalue weighted by Gasteiger charge is -2.25. The fraction of sp³-hybridized carbons (Fsp3) is 0.538. The summed E-state index contributed by atoms with van der Waals surface area (Å²) in [6, 6.07) is 6.49. The molecule has 1 aromatic carbocycles. The first-order chi connectivity index (χ1) is 7.66. The monoisotopic (exact) mass is 223 g/mol. The zero-order chi connectivity index (χ0) is 11.5. The van der Waals surface area contributed by atoms with Gasteiger partial charge in [0.25, 0.3) is 0 Å². The minimum atomic E-state index is -0.210. The van der Waals surface area contributed by atoms with Crippen molar-refractivity contribution in [1.82, 2.24) is 0 Å². The molecule has 88 valence electrons. The van der Waals surface area contributed by atoms with Crippen molar-refractivity contribution < 1.29 is 9.50 Å². The lowest BCUT2D eigenvalue weighted by molar-refractivity contribution is 0.136. The molecule has 0 saturated heterocycles. The van der Waals surface area contributed by atoms with Gasteiger partial charge in [0.2, 0.25) is 0 Å². The first kappa shape index (κ1) is 11.4. The first-order valence-electron chi connectivity index (χ1n) is 5.81. The number of rotatable bonds is 3. The molecule has 1 fully saturated rings. The molecule has 2 unspecified atom stereocenters. The summed E-state index contributed by atoms with van der Waals surface area (Å²) in [6.45, 7) is 0.840. The second-order valence-corrected chi connectivity index (χ2v) is 4.62. The molecule has 0 aromatic heterocycles. The molecule has 1 N–H and O–H groups in total. The van der Waals surface area contributed by atoms with Gasteiger partial charge in [-0.05, 0) is 37.1 Å². The van der Waals surface area contributed by atoms with E-state index in [2.05, 4.69) is 4.90 Å². The van der Waals surface area contributed by atoms with E-state index < -0.39 is 0 Å². The second kappa shape index (κ2) is 4.83. The molecule has 0 bridgehead atoms. The van der Waals surface area contributed by atoms with Gasteiger partial charge in [-0.2, -0.15) is 0 Å². The number of anilines is 1. The van der Waals surface area contributed by atoms with Crippen LogP contribution in [-0.4, -0.2) is 24.8 Å². The number of benzene rings is 1. The molecule has 1 saturated carbocycles. The van der Waals surface area contributed by atoms with Crippen molar-refractivity contribution in [3.63, 3.8) is 0 Å². The molecule has 1 aromatic rings. The molecule has 0 spiro atoms. The number of hydrogen-bond acceptors (Lipinski definition) is 2. The van der Waals surface area contributed by atoms with Gasteiger partial charge in [-0.15, -0.1) is 0 Å². The van der Waals surface area contributed by atoms with Gasteiger partial charge in [0.05, 0.1) is 6.10 Å². The van der Waals surface area contributed by atoms with Crippen LogP contribution in [0.2, 0.25) is 0 Å². The number of halogens is 1. The Morgan fingerprint density at radius 2 is 2.00 bits per heavy atom. The highest BCUT2D eigenvalue weighted by Gasteiger charge is 2.26. The predicted octanol–water partition coefficient (Wildman–Crippen LogP) is 2.42. The van der Waals surface area contributed by atoms with Gasteiger partial charge < -0.3 is 10.0 Å². The molecule has 0 aliphatic heterocycles. The van der Waals surface area contributed by atoms with E-state index in [1.165, 1.54) is 12.1 Å². The zero-order valence-electron chi connectivity index (χ0n) is 9.56. The summed E-state index contributed by atoms with van der Waals surface area (Å²) >= 11 is 0. The lowest BCUT2D eigenvalue weighted by Crippen LogP contribution is -2.29. The van der Waals surface area contributed by atoms with Crippen molar-refractivity contribution in [2.75, 3.05) is 18.5 Å². The standard InChI is InChI=1S/C13H18FNO/c1-15(9-10-3-2-4-13(10)16)12-7-5-11(14)6-8-12/h5-8,10,13,16H,2-4,9H2,1H3. The number of aliphatic hydroxyl groups excluding tert-OH is 1. The van der Waals surface area contributed by atoms with Crippen molar-refractivity contribution in [2.24, 2.45) is 5.92 Å². The van der Waals surface area contributed by atoms with Crippen molar-refractivity contribution in [2.45, 2.75) is 25.4 Å². The number of aliphatic hydroxyl groups is 1. The molecule has 2 nitrogen and oxygen atoms in total. The maximum Gasteiger partial charge on any atom is 0.123 e. The highest BCUT2D eigenvalue weighted by molar-refractivity contribution is 5.45. The van der Waals surface area contributed by atoms with E-state index in [0.29, 0.717) is 5.92 Å². The summed E-state index contributed by atoms with van der Waals surface area (Å²) in [4.78, 5) is 2.08. The van der Waals surface area contributed by atoms with E-state index in [4.69, 9.17) is 0 Å². The minimum absolute atomic E-state index is 0.164. The summed E-state index contributed by atoms with van der Waals surface area (Å²) in [5, 5.41) is 9.74. The third-order valence-corrected chi connectivity index (χ3v) is 3.39. The van der Waals surface area contributed by atoms with Crippen LogP contribution in [0.3, 0.4) is 0 Å². The molecular weight excluding hydrogens is 205 g/mol. The molecule has 16 heavy (non-hydrogen) atoms. The smallest absolute Gasteiger partial charge is 0.123 e. The average Bonchev–Trinajstić information content (AvgIpc) is 2.65.